The fraction of sp³-hybridized carbons (Fsp3) is 1.00. The zero-order valence-corrected chi connectivity index (χ0v) is 40.2. The number of hydrogen-bond donors (Lipinski definition) is 0. The third-order valence-electron chi connectivity index (χ3n) is 4.89. The van der Waals surface area contributed by atoms with Crippen LogP contribution in [0.15, 0.2) is 0 Å². The molecule has 0 saturated heterocycles. The van der Waals surface area contributed by atoms with Gasteiger partial charge in [0.2, 0.25) is 0 Å². The Morgan fingerprint density at radius 1 is 0.409 bits per heavy atom. The molecule has 0 aliphatic carbocycles. The van der Waals surface area contributed by atoms with Crippen molar-refractivity contribution in [3.05, 3.63) is 0 Å². The maximum Gasteiger partial charge on any atom is 0.455 e. The van der Waals surface area contributed by atoms with E-state index in [4.69, 9.17) is 35.1 Å². The lowest BCUT2D eigenvalue weighted by molar-refractivity contribution is -0.0964. The van der Waals surface area contributed by atoms with Crippen molar-refractivity contribution in [2.75, 3.05) is 13.2 Å². The summed E-state index contributed by atoms with van der Waals surface area (Å²) < 4.78 is 67.1. The van der Waals surface area contributed by atoms with Gasteiger partial charge in [-0.15, -0.1) is 0 Å². The molecule has 0 radical (unpaired) electrons. The minimum atomic E-state index is -3.90. The molecule has 17 heteroatoms. The Balaban J connectivity index is 7.21. The van der Waals surface area contributed by atoms with Gasteiger partial charge in [0, 0.05) is 0 Å². The van der Waals surface area contributed by atoms with Crippen LogP contribution in [0.5, 0.6) is 0 Å². The third kappa shape index (κ3) is 23.7. The molecule has 0 saturated carbocycles. The van der Waals surface area contributed by atoms with Gasteiger partial charge in [-0.05, 0) is 137 Å². The van der Waals surface area contributed by atoms with Gasteiger partial charge in [-0.2, -0.15) is 0 Å². The first-order valence-corrected chi connectivity index (χ1v) is 41.3. The molecule has 4 atom stereocenters. The Hall–Kier alpha value is 1.43. The van der Waals surface area contributed by atoms with Gasteiger partial charge < -0.3 is 30.6 Å². The second-order valence-corrected chi connectivity index (χ2v) is 51.9. The highest BCUT2D eigenvalue weighted by Crippen LogP contribution is 2.54. The maximum absolute atomic E-state index is 14.2. The van der Waals surface area contributed by atoms with Gasteiger partial charge in [0.1, 0.15) is 0 Å². The highest BCUT2D eigenvalue weighted by atomic mass is 31.2. The summed E-state index contributed by atoms with van der Waals surface area (Å²) in [6, 6.07) is 0. The fourth-order valence-electron chi connectivity index (χ4n) is 4.06. The zero-order chi connectivity index (χ0) is 35.4. The van der Waals surface area contributed by atoms with E-state index in [0.717, 1.165) is 0 Å². The van der Waals surface area contributed by atoms with Crippen molar-refractivity contribution in [3.63, 3.8) is 0 Å². The van der Waals surface area contributed by atoms with Gasteiger partial charge in [0.25, 0.3) is 0 Å². The van der Waals surface area contributed by atoms with E-state index in [1.807, 2.05) is 39.3 Å². The SMILES string of the molecule is C[Si](C)(C)OC[C@H](O[Si](C)(C)C)[C@@H](O[Si](C)(C)C)[C@H](O[Si](C)(C)C)[C@@H](COP(=O)(O[Si](C)(C)C)O[Si](C)(C)C)O[Si](C)(C)C. The van der Waals surface area contributed by atoms with Crippen LogP contribution in [-0.4, -0.2) is 95.9 Å². The second-order valence-electron chi connectivity index (χ2n) is 18.5. The smallest absolute Gasteiger partial charge is 0.415 e. The van der Waals surface area contributed by atoms with Crippen LogP contribution in [0.1, 0.15) is 0 Å². The van der Waals surface area contributed by atoms with Gasteiger partial charge in [0.15, 0.2) is 58.2 Å². The molecular weight excluding hydrogens is 696 g/mol. The number of rotatable bonds is 21. The van der Waals surface area contributed by atoms with Crippen molar-refractivity contribution in [2.45, 2.75) is 162 Å². The number of hydrogen-bond acceptors (Lipinski definition) is 9. The topological polar surface area (TPSA) is 90.9 Å². The Kier molecular flexibility index (Phi) is 17.0. The molecule has 0 aromatic rings. The first-order valence-electron chi connectivity index (χ1n) is 16.0. The molecule has 0 amide bonds. The average Bonchev–Trinajstić information content (AvgIpc) is 2.64. The largest absolute Gasteiger partial charge is 0.455 e. The van der Waals surface area contributed by atoms with Crippen molar-refractivity contribution < 1.29 is 39.6 Å². The monoisotopic (exact) mass is 766 g/mol. The minimum Gasteiger partial charge on any atom is -0.415 e. The van der Waals surface area contributed by atoms with E-state index in [1.54, 1.807) is 0 Å². The summed E-state index contributed by atoms with van der Waals surface area (Å²) >= 11 is 0. The lowest BCUT2D eigenvalue weighted by Crippen LogP contribution is -2.60. The quantitative estimate of drug-likeness (QED) is 0.0837. The lowest BCUT2D eigenvalue weighted by Gasteiger charge is -2.46. The van der Waals surface area contributed by atoms with Gasteiger partial charge >= 0.3 is 7.82 Å². The van der Waals surface area contributed by atoms with Gasteiger partial charge in [-0.25, -0.2) is 4.57 Å². The van der Waals surface area contributed by atoms with Crippen LogP contribution in [0.4, 0.5) is 0 Å². The van der Waals surface area contributed by atoms with Crippen molar-refractivity contribution in [2.24, 2.45) is 0 Å². The van der Waals surface area contributed by atoms with E-state index in [0.29, 0.717) is 6.61 Å². The number of phosphoric acid groups is 1. The van der Waals surface area contributed by atoms with E-state index in [1.165, 1.54) is 0 Å². The van der Waals surface area contributed by atoms with Crippen LogP contribution in [0, 0.1) is 0 Å². The Bertz CT molecular complexity index is 890. The highest BCUT2D eigenvalue weighted by Gasteiger charge is 2.47. The summed E-state index contributed by atoms with van der Waals surface area (Å²) in [4.78, 5) is 0. The summed E-state index contributed by atoms with van der Waals surface area (Å²) in [5.74, 6) is 0. The predicted molar refractivity (Wildman–Crippen MR) is 205 cm³/mol. The average molecular weight is 767 g/mol. The summed E-state index contributed by atoms with van der Waals surface area (Å²) in [5.41, 5.74) is 0. The van der Waals surface area contributed by atoms with Crippen LogP contribution < -0.4 is 0 Å². The Morgan fingerprint density at radius 3 is 0.955 bits per heavy atom. The third-order valence-corrected chi connectivity index (χ3v) is 16.5. The molecule has 0 spiro atoms. The van der Waals surface area contributed by atoms with Crippen LogP contribution in [0.3, 0.4) is 0 Å². The molecule has 44 heavy (non-hydrogen) atoms. The van der Waals surface area contributed by atoms with E-state index in [-0.39, 0.29) is 12.7 Å². The first-order chi connectivity index (χ1) is 19.0. The maximum atomic E-state index is 14.2. The molecule has 9 nitrogen and oxygen atoms in total. The molecule has 0 aromatic heterocycles. The van der Waals surface area contributed by atoms with Crippen LogP contribution in [0.25, 0.3) is 0 Å². The summed E-state index contributed by atoms with van der Waals surface area (Å²) in [5, 5.41) is 0. The molecule has 0 unspecified atom stereocenters. The van der Waals surface area contributed by atoms with Crippen LogP contribution in [0.2, 0.25) is 137 Å². The standard InChI is InChI=1S/C27H71O9PSi7/c1-38(2,3)30-23-25(32-40(7,8)9)27(34-42(13,14)15)26(33-41(10,11)12)24(31-39(4,5)6)22-29-37(28,35-43(16,17)18)36-44(19,20)21/h24-27H,22-23H2,1-21H3/t24-,25+,26-,27-/m1/s1. The minimum absolute atomic E-state index is 0.0221. The molecular formula is C27H71O9PSi7. The molecule has 0 bridgehead atoms. The van der Waals surface area contributed by atoms with E-state index < -0.39 is 84.4 Å². The zero-order valence-electron chi connectivity index (χ0n) is 32.3. The van der Waals surface area contributed by atoms with Gasteiger partial charge in [-0.1, -0.05) is 0 Å². The summed E-state index contributed by atoms with van der Waals surface area (Å²) in [7, 11) is -19.0. The Labute approximate surface area is 279 Å². The van der Waals surface area contributed by atoms with E-state index in [2.05, 4.69) is 98.2 Å². The Morgan fingerprint density at radius 2 is 0.705 bits per heavy atom. The molecule has 0 heterocycles. The highest BCUT2D eigenvalue weighted by molar-refractivity contribution is 7.52. The normalized spacial score (nSPS) is 17.8. The first kappa shape index (κ1) is 45.4. The molecule has 0 aliphatic heterocycles. The predicted octanol–water partition coefficient (Wildman–Crippen LogP) is 9.55. The van der Waals surface area contributed by atoms with Crippen molar-refractivity contribution in [3.8, 4) is 0 Å². The fourth-order valence-corrected chi connectivity index (χ4v) is 15.8. The molecule has 0 aromatic carbocycles. The molecule has 0 N–H and O–H groups in total. The summed E-state index contributed by atoms with van der Waals surface area (Å²) in [6.07, 6.45) is -2.02. The van der Waals surface area contributed by atoms with E-state index in [9.17, 15) is 4.57 Å². The van der Waals surface area contributed by atoms with E-state index >= 15 is 0 Å². The van der Waals surface area contributed by atoms with Crippen molar-refractivity contribution >= 4 is 66.0 Å². The molecule has 0 aliphatic rings. The van der Waals surface area contributed by atoms with Crippen LogP contribution in [-0.2, 0) is 39.6 Å². The van der Waals surface area contributed by atoms with Crippen LogP contribution >= 0.6 is 7.82 Å². The van der Waals surface area contributed by atoms with Crippen molar-refractivity contribution in [1.29, 1.82) is 0 Å². The van der Waals surface area contributed by atoms with Gasteiger partial charge in [0.05, 0.1) is 37.6 Å². The molecule has 0 rings (SSSR count). The van der Waals surface area contributed by atoms with Gasteiger partial charge in [-0.3, -0.25) is 4.52 Å². The molecule has 266 valence electrons. The lowest BCUT2D eigenvalue weighted by atomic mass is 10.0. The second kappa shape index (κ2) is 16.4. The summed E-state index contributed by atoms with van der Waals surface area (Å²) in [6.45, 7) is 44.8. The molecule has 0 fully saturated rings. The van der Waals surface area contributed by atoms with Crippen molar-refractivity contribution in [1.82, 2.24) is 0 Å².